The summed E-state index contributed by atoms with van der Waals surface area (Å²) in [6.45, 7) is 3.50. The Bertz CT molecular complexity index is 528. The molecule has 0 spiro atoms. The summed E-state index contributed by atoms with van der Waals surface area (Å²) >= 11 is 0. The second-order valence-corrected chi connectivity index (χ2v) is 6.44. The lowest BCUT2D eigenvalue weighted by Crippen LogP contribution is -2.45. The molecule has 0 aromatic heterocycles. The number of nitrogens with zero attached hydrogens (tertiary/aromatic N) is 1. The van der Waals surface area contributed by atoms with Gasteiger partial charge in [0.15, 0.2) is 0 Å². The topological polar surface area (TPSA) is 81.7 Å². The van der Waals surface area contributed by atoms with Crippen LogP contribution in [0.3, 0.4) is 0 Å². The van der Waals surface area contributed by atoms with Crippen molar-refractivity contribution in [1.82, 2.24) is 15.7 Å². The van der Waals surface area contributed by atoms with Crippen molar-refractivity contribution >= 4 is 11.9 Å². The summed E-state index contributed by atoms with van der Waals surface area (Å²) in [5, 5.41) is 11.5. The maximum absolute atomic E-state index is 12.4. The van der Waals surface area contributed by atoms with Crippen LogP contribution in [0.2, 0.25) is 0 Å². The van der Waals surface area contributed by atoms with E-state index in [9.17, 15) is 9.59 Å². The number of hydroxylamine groups is 1. The SMILES string of the molecule is C[C@@H](NC(=O)N1CCC(CCCC(=O)NO)CC1)c1ccccc1. The van der Waals surface area contributed by atoms with Crippen LogP contribution in [0, 0.1) is 5.92 Å². The number of amides is 3. The summed E-state index contributed by atoms with van der Waals surface area (Å²) in [4.78, 5) is 25.2. The summed E-state index contributed by atoms with van der Waals surface area (Å²) in [6.07, 6.45) is 4.02. The number of piperidine rings is 1. The number of urea groups is 1. The number of hydrogen-bond donors (Lipinski definition) is 3. The largest absolute Gasteiger partial charge is 0.331 e. The molecule has 1 aromatic rings. The monoisotopic (exact) mass is 333 g/mol. The molecule has 2 rings (SSSR count). The summed E-state index contributed by atoms with van der Waals surface area (Å²) < 4.78 is 0. The molecule has 1 aliphatic rings. The van der Waals surface area contributed by atoms with Crippen LogP contribution in [0.1, 0.15) is 50.6 Å². The van der Waals surface area contributed by atoms with Crippen molar-refractivity contribution in [3.05, 3.63) is 35.9 Å². The smallest absolute Gasteiger partial charge is 0.317 e. The van der Waals surface area contributed by atoms with Gasteiger partial charge in [-0.2, -0.15) is 0 Å². The van der Waals surface area contributed by atoms with Crippen molar-refractivity contribution in [2.75, 3.05) is 13.1 Å². The molecule has 0 radical (unpaired) electrons. The van der Waals surface area contributed by atoms with E-state index < -0.39 is 0 Å². The van der Waals surface area contributed by atoms with Crippen molar-refractivity contribution in [2.45, 2.75) is 45.1 Å². The number of nitrogens with one attached hydrogen (secondary N) is 2. The first-order valence-corrected chi connectivity index (χ1v) is 8.63. The van der Waals surface area contributed by atoms with Crippen molar-refractivity contribution < 1.29 is 14.8 Å². The Kier molecular flexibility index (Phi) is 7.06. The molecule has 1 aromatic carbocycles. The van der Waals surface area contributed by atoms with Crippen LogP contribution in [0.5, 0.6) is 0 Å². The number of rotatable bonds is 6. The van der Waals surface area contributed by atoms with E-state index in [-0.39, 0.29) is 18.0 Å². The lowest BCUT2D eigenvalue weighted by molar-refractivity contribution is -0.129. The Morgan fingerprint density at radius 1 is 1.25 bits per heavy atom. The van der Waals surface area contributed by atoms with E-state index in [1.807, 2.05) is 42.2 Å². The normalized spacial score (nSPS) is 16.5. The van der Waals surface area contributed by atoms with Crippen LogP contribution >= 0.6 is 0 Å². The van der Waals surface area contributed by atoms with Crippen molar-refractivity contribution in [3.63, 3.8) is 0 Å². The Morgan fingerprint density at radius 3 is 2.54 bits per heavy atom. The van der Waals surface area contributed by atoms with E-state index in [2.05, 4.69) is 5.32 Å². The van der Waals surface area contributed by atoms with E-state index in [1.54, 1.807) is 5.48 Å². The molecule has 1 aliphatic heterocycles. The summed E-state index contributed by atoms with van der Waals surface area (Å²) in [5.74, 6) is 0.216. The Morgan fingerprint density at radius 2 is 1.92 bits per heavy atom. The van der Waals surface area contributed by atoms with Gasteiger partial charge in [-0.1, -0.05) is 30.3 Å². The van der Waals surface area contributed by atoms with Crippen LogP contribution in [0.4, 0.5) is 4.79 Å². The standard InChI is InChI=1S/C18H27N3O3/c1-14(16-7-3-2-4-8-16)19-18(23)21-12-10-15(11-13-21)6-5-9-17(22)20-24/h2-4,7-8,14-15,24H,5-6,9-13H2,1H3,(H,19,23)(H,20,22)/t14-/m1/s1. The third-order valence-electron chi connectivity index (χ3n) is 4.68. The van der Waals surface area contributed by atoms with Gasteiger partial charge < -0.3 is 10.2 Å². The number of hydrogen-bond acceptors (Lipinski definition) is 3. The van der Waals surface area contributed by atoms with Crippen molar-refractivity contribution in [2.24, 2.45) is 5.92 Å². The maximum Gasteiger partial charge on any atom is 0.317 e. The Hall–Kier alpha value is -2.08. The molecule has 1 fully saturated rings. The number of carbonyl (C=O) groups is 2. The maximum atomic E-state index is 12.4. The first-order chi connectivity index (χ1) is 11.6. The third-order valence-corrected chi connectivity index (χ3v) is 4.68. The fourth-order valence-electron chi connectivity index (χ4n) is 3.13. The fraction of sp³-hybridized carbons (Fsp3) is 0.556. The minimum Gasteiger partial charge on any atom is -0.331 e. The molecule has 24 heavy (non-hydrogen) atoms. The van der Waals surface area contributed by atoms with E-state index in [0.717, 1.165) is 44.3 Å². The molecule has 6 nitrogen and oxygen atoms in total. The second kappa shape index (κ2) is 9.27. The van der Waals surface area contributed by atoms with Crippen LogP contribution in [-0.2, 0) is 4.79 Å². The third kappa shape index (κ3) is 5.53. The predicted octanol–water partition coefficient (Wildman–Crippen LogP) is 2.84. The summed E-state index contributed by atoms with van der Waals surface area (Å²) in [5.41, 5.74) is 2.76. The van der Waals surface area contributed by atoms with E-state index >= 15 is 0 Å². The lowest BCUT2D eigenvalue weighted by atomic mass is 9.91. The highest BCUT2D eigenvalue weighted by atomic mass is 16.5. The van der Waals surface area contributed by atoms with E-state index in [0.29, 0.717) is 12.3 Å². The highest BCUT2D eigenvalue weighted by Crippen LogP contribution is 2.23. The second-order valence-electron chi connectivity index (χ2n) is 6.44. The van der Waals surface area contributed by atoms with Gasteiger partial charge in [0.2, 0.25) is 5.91 Å². The van der Waals surface area contributed by atoms with Crippen LogP contribution in [-0.4, -0.2) is 35.1 Å². The van der Waals surface area contributed by atoms with Crippen LogP contribution in [0.25, 0.3) is 0 Å². The minimum absolute atomic E-state index is 0.00609. The van der Waals surface area contributed by atoms with E-state index in [4.69, 9.17) is 5.21 Å². The van der Waals surface area contributed by atoms with Gasteiger partial charge in [-0.05, 0) is 44.1 Å². The molecule has 132 valence electrons. The fourth-order valence-corrected chi connectivity index (χ4v) is 3.13. The molecule has 1 atom stereocenters. The van der Waals surface area contributed by atoms with Gasteiger partial charge in [0.25, 0.3) is 0 Å². The number of likely N-dealkylation sites (tertiary alicyclic amines) is 1. The number of benzene rings is 1. The van der Waals surface area contributed by atoms with Crippen molar-refractivity contribution in [1.29, 1.82) is 0 Å². The first-order valence-electron chi connectivity index (χ1n) is 8.63. The van der Waals surface area contributed by atoms with Gasteiger partial charge in [0, 0.05) is 19.5 Å². The molecule has 6 heteroatoms. The summed E-state index contributed by atoms with van der Waals surface area (Å²) in [7, 11) is 0. The van der Waals surface area contributed by atoms with Crippen LogP contribution in [0.15, 0.2) is 30.3 Å². The molecule has 1 heterocycles. The molecule has 0 aliphatic carbocycles. The highest BCUT2D eigenvalue weighted by Gasteiger charge is 2.23. The number of carbonyl (C=O) groups excluding carboxylic acids is 2. The molecule has 1 saturated heterocycles. The van der Waals surface area contributed by atoms with Gasteiger partial charge in [-0.15, -0.1) is 0 Å². The molecule has 0 unspecified atom stereocenters. The molecule has 3 N–H and O–H groups in total. The Balaban J connectivity index is 1.70. The zero-order chi connectivity index (χ0) is 17.4. The van der Waals surface area contributed by atoms with Crippen molar-refractivity contribution in [3.8, 4) is 0 Å². The van der Waals surface area contributed by atoms with Crippen LogP contribution < -0.4 is 10.8 Å². The van der Waals surface area contributed by atoms with Gasteiger partial charge in [0.05, 0.1) is 6.04 Å². The zero-order valence-corrected chi connectivity index (χ0v) is 14.2. The Labute approximate surface area is 143 Å². The average molecular weight is 333 g/mol. The molecule has 0 saturated carbocycles. The molecule has 0 bridgehead atoms. The molecule has 3 amide bonds. The lowest BCUT2D eigenvalue weighted by Gasteiger charge is -2.33. The molecular formula is C18H27N3O3. The van der Waals surface area contributed by atoms with Gasteiger partial charge in [-0.3, -0.25) is 10.0 Å². The van der Waals surface area contributed by atoms with Gasteiger partial charge in [-0.25, -0.2) is 10.3 Å². The summed E-state index contributed by atoms with van der Waals surface area (Å²) in [6, 6.07) is 9.92. The zero-order valence-electron chi connectivity index (χ0n) is 14.2. The van der Waals surface area contributed by atoms with Gasteiger partial charge in [0.1, 0.15) is 0 Å². The molecular weight excluding hydrogens is 306 g/mol. The first kappa shape index (κ1) is 18.3. The van der Waals surface area contributed by atoms with E-state index in [1.165, 1.54) is 0 Å². The predicted molar refractivity (Wildman–Crippen MR) is 91.5 cm³/mol. The average Bonchev–Trinajstić information content (AvgIpc) is 2.62. The highest BCUT2D eigenvalue weighted by molar-refractivity contribution is 5.75. The van der Waals surface area contributed by atoms with Gasteiger partial charge >= 0.3 is 6.03 Å². The minimum atomic E-state index is -0.332. The quantitative estimate of drug-likeness (QED) is 0.553.